The fourth-order valence-corrected chi connectivity index (χ4v) is 5.47. The molecule has 0 bridgehead atoms. The van der Waals surface area contributed by atoms with Crippen molar-refractivity contribution in [3.8, 4) is 5.75 Å². The van der Waals surface area contributed by atoms with Crippen LogP contribution in [0.4, 0.5) is 0 Å². The minimum Gasteiger partial charge on any atom is -0.508 e. The molecule has 1 saturated heterocycles. The Kier molecular flexibility index (Phi) is 4.30. The third-order valence-corrected chi connectivity index (χ3v) is 6.94. The van der Waals surface area contributed by atoms with Gasteiger partial charge in [-0.3, -0.25) is 9.69 Å². The molecule has 158 valence electrons. The number of carbonyl (C=O) groups excluding carboxylic acids is 1. The Morgan fingerprint density at radius 2 is 1.78 bits per heavy atom. The molecule has 5 nitrogen and oxygen atoms in total. The summed E-state index contributed by atoms with van der Waals surface area (Å²) >= 11 is 5.89. The number of phenols is 1. The van der Waals surface area contributed by atoms with E-state index >= 15 is 0 Å². The van der Waals surface area contributed by atoms with Crippen LogP contribution in [0.1, 0.15) is 28.4 Å². The van der Waals surface area contributed by atoms with Gasteiger partial charge in [0.15, 0.2) is 5.11 Å². The van der Waals surface area contributed by atoms with Gasteiger partial charge in [-0.15, -0.1) is 0 Å². The van der Waals surface area contributed by atoms with Crippen molar-refractivity contribution < 1.29 is 9.90 Å². The van der Waals surface area contributed by atoms with E-state index in [1.807, 2.05) is 59.5 Å². The van der Waals surface area contributed by atoms with Crippen LogP contribution in [0.2, 0.25) is 0 Å². The maximum atomic E-state index is 13.6. The molecule has 2 N–H and O–H groups in total. The first kappa shape index (κ1) is 19.1. The Balaban J connectivity index is 1.50. The monoisotopic (exact) mass is 439 g/mol. The van der Waals surface area contributed by atoms with Gasteiger partial charge in [0.05, 0.1) is 12.6 Å². The van der Waals surface area contributed by atoms with Gasteiger partial charge in [-0.1, -0.05) is 60.7 Å². The molecule has 3 heterocycles. The summed E-state index contributed by atoms with van der Waals surface area (Å²) in [5.41, 5.74) is 5.17. The quantitative estimate of drug-likeness (QED) is 0.461. The Hall–Kier alpha value is -3.64. The SMILES string of the molecule is O=C1C2Cc3c([nH]c4ccccc34)C(c3cccc(O)c3)N2C(=S)N1Cc1ccccc1. The predicted octanol–water partition coefficient (Wildman–Crippen LogP) is 4.52. The number of benzene rings is 3. The minimum atomic E-state index is -0.370. The van der Waals surface area contributed by atoms with Crippen LogP contribution in [0.25, 0.3) is 10.9 Å². The van der Waals surface area contributed by atoms with Crippen molar-refractivity contribution in [1.29, 1.82) is 0 Å². The number of hydrogen-bond acceptors (Lipinski definition) is 3. The molecule has 0 saturated carbocycles. The molecule has 32 heavy (non-hydrogen) atoms. The number of nitrogens with one attached hydrogen (secondary N) is 1. The first-order valence-corrected chi connectivity index (χ1v) is 11.1. The van der Waals surface area contributed by atoms with Crippen molar-refractivity contribution in [3.05, 3.63) is 101 Å². The van der Waals surface area contributed by atoms with Crippen molar-refractivity contribution >= 4 is 34.1 Å². The first-order chi connectivity index (χ1) is 15.6. The number of para-hydroxylation sites is 1. The third kappa shape index (κ3) is 2.83. The second-order valence-corrected chi connectivity index (χ2v) is 8.75. The van der Waals surface area contributed by atoms with Crippen LogP contribution in [0, 0.1) is 0 Å². The van der Waals surface area contributed by atoms with E-state index < -0.39 is 0 Å². The fourth-order valence-electron chi connectivity index (χ4n) is 5.08. The van der Waals surface area contributed by atoms with Crippen molar-refractivity contribution in [2.75, 3.05) is 0 Å². The van der Waals surface area contributed by atoms with E-state index in [1.165, 1.54) is 0 Å². The number of amides is 1. The number of aromatic hydroxyl groups is 1. The van der Waals surface area contributed by atoms with Crippen molar-refractivity contribution in [1.82, 2.24) is 14.8 Å². The number of hydrogen-bond donors (Lipinski definition) is 2. The lowest BCUT2D eigenvalue weighted by Gasteiger charge is -2.37. The molecule has 3 aromatic carbocycles. The highest BCUT2D eigenvalue weighted by Crippen LogP contribution is 2.44. The normalized spacial score (nSPS) is 20.0. The lowest BCUT2D eigenvalue weighted by atomic mass is 9.89. The van der Waals surface area contributed by atoms with Crippen LogP contribution in [-0.4, -0.2) is 37.0 Å². The molecule has 2 atom stereocenters. The Labute approximate surface area is 190 Å². The van der Waals surface area contributed by atoms with Gasteiger partial charge in [0.2, 0.25) is 0 Å². The number of H-pyrrole nitrogens is 1. The van der Waals surface area contributed by atoms with Crippen LogP contribution in [0.5, 0.6) is 5.75 Å². The van der Waals surface area contributed by atoms with Crippen LogP contribution in [0.3, 0.4) is 0 Å². The summed E-state index contributed by atoms with van der Waals surface area (Å²) in [4.78, 5) is 21.0. The molecule has 6 heteroatoms. The summed E-state index contributed by atoms with van der Waals surface area (Å²) < 4.78 is 0. The van der Waals surface area contributed by atoms with Gasteiger partial charge < -0.3 is 15.0 Å². The van der Waals surface area contributed by atoms with Crippen LogP contribution in [-0.2, 0) is 17.8 Å². The zero-order valence-electron chi connectivity index (χ0n) is 17.2. The molecule has 1 aromatic heterocycles. The number of aromatic nitrogens is 1. The van der Waals surface area contributed by atoms with E-state index in [9.17, 15) is 9.90 Å². The Bertz CT molecular complexity index is 1360. The van der Waals surface area contributed by atoms with Gasteiger partial charge in [-0.05, 0) is 47.1 Å². The second kappa shape index (κ2) is 7.21. The average Bonchev–Trinajstić information content (AvgIpc) is 3.29. The van der Waals surface area contributed by atoms with E-state index in [2.05, 4.69) is 17.1 Å². The zero-order valence-corrected chi connectivity index (χ0v) is 18.0. The minimum absolute atomic E-state index is 0.0277. The lowest BCUT2D eigenvalue weighted by Crippen LogP contribution is -2.44. The summed E-state index contributed by atoms with van der Waals surface area (Å²) in [6.45, 7) is 0.451. The van der Waals surface area contributed by atoms with Gasteiger partial charge >= 0.3 is 0 Å². The highest BCUT2D eigenvalue weighted by Gasteiger charge is 2.50. The summed E-state index contributed by atoms with van der Waals surface area (Å²) in [5.74, 6) is 0.222. The molecule has 0 spiro atoms. The molecule has 2 aliphatic rings. The number of carbonyl (C=O) groups is 1. The molecular formula is C26H21N3O2S. The van der Waals surface area contributed by atoms with E-state index in [1.54, 1.807) is 17.0 Å². The van der Waals surface area contributed by atoms with Gasteiger partial charge in [0.25, 0.3) is 5.91 Å². The van der Waals surface area contributed by atoms with Gasteiger partial charge in [0.1, 0.15) is 11.8 Å². The van der Waals surface area contributed by atoms with Crippen LogP contribution >= 0.6 is 12.2 Å². The summed E-state index contributed by atoms with van der Waals surface area (Å²) in [5, 5.41) is 11.9. The molecule has 2 unspecified atom stereocenters. The van der Waals surface area contributed by atoms with Crippen molar-refractivity contribution in [2.24, 2.45) is 0 Å². The van der Waals surface area contributed by atoms with Gasteiger partial charge in [-0.2, -0.15) is 0 Å². The van der Waals surface area contributed by atoms with Gasteiger partial charge in [-0.25, -0.2) is 0 Å². The van der Waals surface area contributed by atoms with E-state index in [0.29, 0.717) is 18.1 Å². The highest BCUT2D eigenvalue weighted by atomic mass is 32.1. The Morgan fingerprint density at radius 3 is 2.59 bits per heavy atom. The number of nitrogens with zero attached hydrogens (tertiary/aromatic N) is 2. The number of fused-ring (bicyclic) bond motifs is 4. The number of phenolic OH excluding ortho intramolecular Hbond substituents is 1. The standard InChI is InChI=1S/C26H21N3O2S/c30-18-10-6-9-17(13-18)24-23-20(19-11-4-5-12-21(19)27-23)14-22-25(31)28(26(32)29(22)24)15-16-7-2-1-3-8-16/h1-13,22,24,27,30H,14-15H2. The molecule has 0 radical (unpaired) electrons. The summed E-state index contributed by atoms with van der Waals surface area (Å²) in [6, 6.07) is 24.7. The van der Waals surface area contributed by atoms with Crippen molar-refractivity contribution in [2.45, 2.75) is 25.0 Å². The van der Waals surface area contributed by atoms with E-state index in [-0.39, 0.29) is 23.7 Å². The third-order valence-electron chi connectivity index (χ3n) is 6.50. The highest BCUT2D eigenvalue weighted by molar-refractivity contribution is 7.80. The number of thiocarbonyl (C=S) groups is 1. The first-order valence-electron chi connectivity index (χ1n) is 10.7. The zero-order chi connectivity index (χ0) is 21.8. The molecule has 0 aliphatic carbocycles. The Morgan fingerprint density at radius 1 is 1.00 bits per heavy atom. The van der Waals surface area contributed by atoms with Gasteiger partial charge in [0, 0.05) is 23.0 Å². The summed E-state index contributed by atoms with van der Waals surface area (Å²) in [7, 11) is 0. The molecule has 1 fully saturated rings. The second-order valence-electron chi connectivity index (χ2n) is 8.38. The lowest BCUT2D eigenvalue weighted by molar-refractivity contribution is -0.128. The number of aromatic amines is 1. The smallest absolute Gasteiger partial charge is 0.252 e. The molecule has 1 amide bonds. The maximum Gasteiger partial charge on any atom is 0.252 e. The van der Waals surface area contributed by atoms with Crippen LogP contribution < -0.4 is 0 Å². The predicted molar refractivity (Wildman–Crippen MR) is 127 cm³/mol. The topological polar surface area (TPSA) is 59.6 Å². The number of rotatable bonds is 3. The molecule has 2 aliphatic heterocycles. The molecule has 4 aromatic rings. The van der Waals surface area contributed by atoms with E-state index in [0.717, 1.165) is 33.3 Å². The average molecular weight is 440 g/mol. The fraction of sp³-hybridized carbons (Fsp3) is 0.154. The van der Waals surface area contributed by atoms with Crippen molar-refractivity contribution in [3.63, 3.8) is 0 Å². The van der Waals surface area contributed by atoms with E-state index in [4.69, 9.17) is 12.2 Å². The largest absolute Gasteiger partial charge is 0.508 e. The summed E-state index contributed by atoms with van der Waals surface area (Å²) in [6.07, 6.45) is 0.596. The molecular weight excluding hydrogens is 418 g/mol. The van der Waals surface area contributed by atoms with Crippen LogP contribution in [0.15, 0.2) is 78.9 Å². The maximum absolute atomic E-state index is 13.6. The molecule has 6 rings (SSSR count).